The van der Waals surface area contributed by atoms with Crippen molar-refractivity contribution in [1.82, 2.24) is 15.6 Å². The minimum absolute atomic E-state index is 0.0164. The molecule has 1 saturated heterocycles. The van der Waals surface area contributed by atoms with Crippen LogP contribution in [-0.4, -0.2) is 39.6 Å². The van der Waals surface area contributed by atoms with E-state index in [4.69, 9.17) is 5.11 Å². The Morgan fingerprint density at radius 2 is 2.33 bits per heavy atom. The molecule has 2 rings (SSSR count). The van der Waals surface area contributed by atoms with Gasteiger partial charge in [-0.1, -0.05) is 6.42 Å². The molecule has 6 nitrogen and oxygen atoms in total. The first-order valence-corrected chi connectivity index (χ1v) is 8.84. The van der Waals surface area contributed by atoms with E-state index in [1.165, 1.54) is 35.3 Å². The molecule has 21 heavy (non-hydrogen) atoms. The van der Waals surface area contributed by atoms with Crippen LogP contribution in [0.2, 0.25) is 0 Å². The summed E-state index contributed by atoms with van der Waals surface area (Å²) in [6.45, 7) is 2.46. The van der Waals surface area contributed by atoms with E-state index < -0.39 is 5.97 Å². The van der Waals surface area contributed by atoms with Crippen molar-refractivity contribution in [2.45, 2.75) is 37.5 Å². The molecule has 0 aromatic carbocycles. The summed E-state index contributed by atoms with van der Waals surface area (Å²) in [4.78, 5) is 26.6. The van der Waals surface area contributed by atoms with E-state index in [9.17, 15) is 9.59 Å². The monoisotopic (exact) mass is 329 g/mol. The number of hydrogen-bond acceptors (Lipinski definition) is 5. The molecule has 116 valence electrons. The zero-order valence-corrected chi connectivity index (χ0v) is 13.4. The van der Waals surface area contributed by atoms with Crippen molar-refractivity contribution < 1.29 is 14.7 Å². The summed E-state index contributed by atoms with van der Waals surface area (Å²) in [7, 11) is 0. The molecule has 0 spiro atoms. The van der Waals surface area contributed by atoms with Crippen molar-refractivity contribution in [2.75, 3.05) is 12.3 Å². The fourth-order valence-electron chi connectivity index (χ4n) is 2.07. The molecule has 2 unspecified atom stereocenters. The molecule has 0 aliphatic carbocycles. The van der Waals surface area contributed by atoms with E-state index >= 15 is 0 Å². The molecule has 1 aliphatic heterocycles. The highest BCUT2D eigenvalue weighted by Crippen LogP contribution is 2.24. The second-order valence-corrected chi connectivity index (χ2v) is 7.24. The Morgan fingerprint density at radius 1 is 1.52 bits per heavy atom. The highest BCUT2D eigenvalue weighted by Gasteiger charge is 2.18. The minimum atomic E-state index is -1.05. The van der Waals surface area contributed by atoms with Crippen LogP contribution in [0.1, 0.15) is 47.7 Å². The van der Waals surface area contributed by atoms with Gasteiger partial charge in [0.05, 0.1) is 6.04 Å². The van der Waals surface area contributed by atoms with Gasteiger partial charge in [-0.2, -0.15) is 11.8 Å². The highest BCUT2D eigenvalue weighted by molar-refractivity contribution is 7.99. The fraction of sp³-hybridized carbons (Fsp3) is 0.615. The number of urea groups is 1. The summed E-state index contributed by atoms with van der Waals surface area (Å²) < 4.78 is 0. The second kappa shape index (κ2) is 7.65. The molecular weight excluding hydrogens is 310 g/mol. The van der Waals surface area contributed by atoms with Gasteiger partial charge in [-0.15, -0.1) is 11.3 Å². The Hall–Kier alpha value is -1.28. The van der Waals surface area contributed by atoms with E-state index in [-0.39, 0.29) is 17.8 Å². The van der Waals surface area contributed by atoms with Crippen LogP contribution in [0.25, 0.3) is 0 Å². The number of carbonyl (C=O) groups is 2. The smallest absolute Gasteiger partial charge is 0.355 e. The molecule has 1 aromatic rings. The number of thiazole rings is 1. The van der Waals surface area contributed by atoms with Crippen molar-refractivity contribution in [1.29, 1.82) is 0 Å². The van der Waals surface area contributed by atoms with Crippen LogP contribution in [0.3, 0.4) is 0 Å². The zero-order chi connectivity index (χ0) is 15.2. The van der Waals surface area contributed by atoms with Crippen molar-refractivity contribution >= 4 is 35.1 Å². The van der Waals surface area contributed by atoms with Gasteiger partial charge in [0.25, 0.3) is 0 Å². The third-order valence-electron chi connectivity index (χ3n) is 3.22. The van der Waals surface area contributed by atoms with Gasteiger partial charge < -0.3 is 15.7 Å². The maximum Gasteiger partial charge on any atom is 0.355 e. The van der Waals surface area contributed by atoms with Gasteiger partial charge in [0.1, 0.15) is 5.01 Å². The predicted molar refractivity (Wildman–Crippen MR) is 84.1 cm³/mol. The normalized spacial score (nSPS) is 19.8. The van der Waals surface area contributed by atoms with Crippen molar-refractivity contribution in [3.63, 3.8) is 0 Å². The number of carboxylic acid groups (broad SMARTS) is 1. The number of carboxylic acids is 1. The second-order valence-electron chi connectivity index (χ2n) is 4.94. The topological polar surface area (TPSA) is 91.3 Å². The zero-order valence-electron chi connectivity index (χ0n) is 11.8. The van der Waals surface area contributed by atoms with Crippen LogP contribution in [0.15, 0.2) is 5.38 Å². The van der Waals surface area contributed by atoms with E-state index in [1.807, 2.05) is 11.8 Å². The van der Waals surface area contributed by atoms with Gasteiger partial charge in [0.2, 0.25) is 0 Å². The summed E-state index contributed by atoms with van der Waals surface area (Å²) in [5.41, 5.74) is 0.0164. The molecule has 1 fully saturated rings. The third-order valence-corrected chi connectivity index (χ3v) is 5.65. The maximum absolute atomic E-state index is 11.8. The lowest BCUT2D eigenvalue weighted by molar-refractivity contribution is 0.0691. The summed E-state index contributed by atoms with van der Waals surface area (Å²) in [6, 6.07) is -0.539. The van der Waals surface area contributed by atoms with E-state index in [1.54, 1.807) is 6.92 Å². The van der Waals surface area contributed by atoms with Gasteiger partial charge >= 0.3 is 12.0 Å². The van der Waals surface area contributed by atoms with Gasteiger partial charge in [0, 0.05) is 17.2 Å². The van der Waals surface area contributed by atoms with E-state index in [0.717, 1.165) is 6.42 Å². The van der Waals surface area contributed by atoms with Crippen LogP contribution in [0.5, 0.6) is 0 Å². The lowest BCUT2D eigenvalue weighted by atomic mass is 10.2. The molecule has 0 saturated carbocycles. The average Bonchev–Trinajstić information content (AvgIpc) is 2.96. The molecule has 0 radical (unpaired) electrons. The highest BCUT2D eigenvalue weighted by atomic mass is 32.2. The Morgan fingerprint density at radius 3 is 2.95 bits per heavy atom. The largest absolute Gasteiger partial charge is 0.476 e. The Labute approximate surface area is 131 Å². The molecule has 3 N–H and O–H groups in total. The average molecular weight is 329 g/mol. The summed E-state index contributed by atoms with van der Waals surface area (Å²) in [5.74, 6) is 0.116. The molecule has 2 amide bonds. The lowest BCUT2D eigenvalue weighted by Crippen LogP contribution is -2.40. The van der Waals surface area contributed by atoms with Gasteiger partial charge in [-0.25, -0.2) is 14.6 Å². The number of aromatic nitrogens is 1. The van der Waals surface area contributed by atoms with Crippen LogP contribution in [0, 0.1) is 0 Å². The number of rotatable bonds is 5. The number of nitrogens with zero attached hydrogens (tertiary/aromatic N) is 1. The SMILES string of the molecule is CC(NC(=O)NCC1CCCCS1)c1nc(C(=O)O)cs1. The summed E-state index contributed by atoms with van der Waals surface area (Å²) in [6.07, 6.45) is 3.64. The number of thioether (sulfide) groups is 1. The standard InChI is InChI=1S/C13H19N3O3S2/c1-8(11-16-10(7-21-11)12(17)18)15-13(19)14-6-9-4-2-3-5-20-9/h7-9H,2-6H2,1H3,(H,17,18)(H2,14,15,19). The van der Waals surface area contributed by atoms with Gasteiger partial charge in [-0.3, -0.25) is 0 Å². The van der Waals surface area contributed by atoms with E-state index in [2.05, 4.69) is 15.6 Å². The van der Waals surface area contributed by atoms with Crippen molar-refractivity contribution in [2.24, 2.45) is 0 Å². The first-order valence-electron chi connectivity index (χ1n) is 6.91. The number of aromatic carboxylic acids is 1. The molecule has 2 atom stereocenters. The summed E-state index contributed by atoms with van der Waals surface area (Å²) >= 11 is 3.14. The summed E-state index contributed by atoms with van der Waals surface area (Å²) in [5, 5.41) is 17.1. The van der Waals surface area contributed by atoms with Crippen molar-refractivity contribution in [3.05, 3.63) is 16.1 Å². The van der Waals surface area contributed by atoms with Crippen LogP contribution >= 0.6 is 23.1 Å². The third kappa shape index (κ3) is 4.89. The van der Waals surface area contributed by atoms with Gasteiger partial charge in [0.15, 0.2) is 5.69 Å². The molecule has 1 aliphatic rings. The minimum Gasteiger partial charge on any atom is -0.476 e. The van der Waals surface area contributed by atoms with E-state index in [0.29, 0.717) is 16.8 Å². The number of hydrogen-bond donors (Lipinski definition) is 3. The van der Waals surface area contributed by atoms with Crippen LogP contribution < -0.4 is 10.6 Å². The van der Waals surface area contributed by atoms with Crippen LogP contribution in [-0.2, 0) is 0 Å². The molecular formula is C13H19N3O3S2. The van der Waals surface area contributed by atoms with Crippen molar-refractivity contribution in [3.8, 4) is 0 Å². The molecule has 1 aromatic heterocycles. The number of amides is 2. The molecule has 2 heterocycles. The van der Waals surface area contributed by atoms with Crippen LogP contribution in [0.4, 0.5) is 4.79 Å². The Bertz CT molecular complexity index is 501. The lowest BCUT2D eigenvalue weighted by Gasteiger charge is -2.22. The maximum atomic E-state index is 11.8. The fourth-order valence-corrected chi connectivity index (χ4v) is 4.11. The molecule has 0 bridgehead atoms. The Balaban J connectivity index is 1.76. The number of carbonyl (C=O) groups excluding carboxylic acids is 1. The quantitative estimate of drug-likeness (QED) is 0.772. The number of nitrogens with one attached hydrogen (secondary N) is 2. The predicted octanol–water partition coefficient (Wildman–Crippen LogP) is 2.49. The first-order chi connectivity index (χ1) is 10.1. The first kappa shape index (κ1) is 16.1. The Kier molecular flexibility index (Phi) is 5.86. The van der Waals surface area contributed by atoms with Gasteiger partial charge in [-0.05, 0) is 25.5 Å². The molecule has 8 heteroatoms.